The molecule has 18 heavy (non-hydrogen) atoms. The van der Waals surface area contributed by atoms with Crippen LogP contribution in [0.1, 0.15) is 18.9 Å². The van der Waals surface area contributed by atoms with Crippen molar-refractivity contribution in [2.45, 2.75) is 13.3 Å². The number of hydrogen-bond acceptors (Lipinski definition) is 3. The van der Waals surface area contributed by atoms with Gasteiger partial charge in [0.25, 0.3) is 10.2 Å². The number of hydrogen-bond donors (Lipinski definition) is 3. The number of anilines is 1. The van der Waals surface area contributed by atoms with Crippen molar-refractivity contribution in [1.82, 2.24) is 4.72 Å². The maximum Gasteiger partial charge on any atom is 0.299 e. The van der Waals surface area contributed by atoms with Gasteiger partial charge in [-0.2, -0.15) is 13.1 Å². The Morgan fingerprint density at radius 3 is 2.72 bits per heavy atom. The maximum atomic E-state index is 11.7. The molecule has 100 valence electrons. The van der Waals surface area contributed by atoms with Crippen LogP contribution in [0.15, 0.2) is 18.2 Å². The zero-order valence-electron chi connectivity index (χ0n) is 9.73. The van der Waals surface area contributed by atoms with Gasteiger partial charge in [0.05, 0.1) is 5.69 Å². The lowest BCUT2D eigenvalue weighted by Crippen LogP contribution is -2.31. The van der Waals surface area contributed by atoms with Gasteiger partial charge in [0, 0.05) is 17.1 Å². The van der Waals surface area contributed by atoms with E-state index in [0.717, 1.165) is 0 Å². The molecule has 1 rings (SSSR count). The molecule has 0 aromatic heterocycles. The molecule has 0 heterocycles. The number of benzene rings is 1. The minimum Gasteiger partial charge on any atom is -0.389 e. The highest BCUT2D eigenvalue weighted by molar-refractivity contribution is 7.90. The van der Waals surface area contributed by atoms with E-state index < -0.39 is 10.2 Å². The Balaban J connectivity index is 3.02. The van der Waals surface area contributed by atoms with E-state index in [0.29, 0.717) is 23.6 Å². The standard InChI is InChI=1S/C10H14ClN3O2S2/c1-2-5-13-18(15,16)14-9-6-7(11)3-4-8(9)10(12)17/h3-4,6,13-14H,2,5H2,1H3,(H2,12,17). The van der Waals surface area contributed by atoms with Gasteiger partial charge in [0.15, 0.2) is 0 Å². The van der Waals surface area contributed by atoms with E-state index in [1.54, 1.807) is 12.1 Å². The Morgan fingerprint density at radius 2 is 2.17 bits per heavy atom. The summed E-state index contributed by atoms with van der Waals surface area (Å²) in [6, 6.07) is 4.62. The molecular formula is C10H14ClN3O2S2. The molecule has 0 radical (unpaired) electrons. The van der Waals surface area contributed by atoms with Gasteiger partial charge in [0.1, 0.15) is 4.99 Å². The zero-order chi connectivity index (χ0) is 13.8. The SMILES string of the molecule is CCCNS(=O)(=O)Nc1cc(Cl)ccc1C(N)=S. The van der Waals surface area contributed by atoms with Crippen LogP contribution in [0.2, 0.25) is 5.02 Å². The average molecular weight is 308 g/mol. The molecule has 0 saturated carbocycles. The van der Waals surface area contributed by atoms with Crippen molar-refractivity contribution in [2.24, 2.45) is 5.73 Å². The van der Waals surface area contributed by atoms with Gasteiger partial charge < -0.3 is 5.73 Å². The first kappa shape index (κ1) is 15.2. The monoisotopic (exact) mass is 307 g/mol. The van der Waals surface area contributed by atoms with Crippen LogP contribution in [-0.4, -0.2) is 20.0 Å². The lowest BCUT2D eigenvalue weighted by atomic mass is 10.2. The molecule has 0 spiro atoms. The summed E-state index contributed by atoms with van der Waals surface area (Å²) in [6.07, 6.45) is 0.693. The average Bonchev–Trinajstić information content (AvgIpc) is 2.25. The highest BCUT2D eigenvalue weighted by Crippen LogP contribution is 2.21. The fourth-order valence-electron chi connectivity index (χ4n) is 1.23. The second kappa shape index (κ2) is 6.33. The summed E-state index contributed by atoms with van der Waals surface area (Å²) in [5, 5.41) is 0.392. The minimum atomic E-state index is -3.64. The quantitative estimate of drug-likeness (QED) is 0.697. The van der Waals surface area contributed by atoms with Crippen molar-refractivity contribution < 1.29 is 8.42 Å². The number of halogens is 1. The molecule has 4 N–H and O–H groups in total. The summed E-state index contributed by atoms with van der Waals surface area (Å²) < 4.78 is 28.1. The van der Waals surface area contributed by atoms with Crippen molar-refractivity contribution in [3.63, 3.8) is 0 Å². The normalized spacial score (nSPS) is 11.2. The fraction of sp³-hybridized carbons (Fsp3) is 0.300. The highest BCUT2D eigenvalue weighted by Gasteiger charge is 2.13. The summed E-state index contributed by atoms with van der Waals surface area (Å²) in [7, 11) is -3.64. The Bertz CT molecular complexity index is 546. The molecule has 0 aliphatic rings. The third-order valence-electron chi connectivity index (χ3n) is 2.03. The Labute approximate surface area is 117 Å². The predicted molar refractivity (Wildman–Crippen MR) is 78.2 cm³/mol. The van der Waals surface area contributed by atoms with Gasteiger partial charge in [-0.25, -0.2) is 0 Å². The largest absolute Gasteiger partial charge is 0.389 e. The van der Waals surface area contributed by atoms with Crippen molar-refractivity contribution in [3.05, 3.63) is 28.8 Å². The first-order valence-corrected chi connectivity index (χ1v) is 7.49. The third-order valence-corrected chi connectivity index (χ3v) is 3.56. The molecule has 0 fully saturated rings. The van der Waals surface area contributed by atoms with Gasteiger partial charge in [-0.3, -0.25) is 4.72 Å². The topological polar surface area (TPSA) is 84.2 Å². The molecule has 5 nitrogen and oxygen atoms in total. The van der Waals surface area contributed by atoms with E-state index in [2.05, 4.69) is 9.44 Å². The molecule has 0 atom stereocenters. The molecular weight excluding hydrogens is 294 g/mol. The Kier molecular flexibility index (Phi) is 5.33. The van der Waals surface area contributed by atoms with Crippen LogP contribution in [0.4, 0.5) is 5.69 Å². The van der Waals surface area contributed by atoms with Crippen molar-refractivity contribution in [3.8, 4) is 0 Å². The molecule has 1 aromatic carbocycles. The highest BCUT2D eigenvalue weighted by atomic mass is 35.5. The fourth-order valence-corrected chi connectivity index (χ4v) is 2.59. The minimum absolute atomic E-state index is 0.0971. The predicted octanol–water partition coefficient (Wildman–Crippen LogP) is 1.63. The van der Waals surface area contributed by atoms with Crippen LogP contribution in [0.5, 0.6) is 0 Å². The molecule has 8 heteroatoms. The number of rotatable bonds is 6. The van der Waals surface area contributed by atoms with Crippen molar-refractivity contribution in [2.75, 3.05) is 11.3 Å². The Morgan fingerprint density at radius 1 is 1.50 bits per heavy atom. The second-order valence-corrected chi connectivity index (χ2v) is 5.93. The second-order valence-electron chi connectivity index (χ2n) is 3.55. The van der Waals surface area contributed by atoms with Crippen LogP contribution in [-0.2, 0) is 10.2 Å². The summed E-state index contributed by atoms with van der Waals surface area (Å²) >= 11 is 10.7. The molecule has 0 aliphatic carbocycles. The van der Waals surface area contributed by atoms with Crippen LogP contribution in [0.3, 0.4) is 0 Å². The number of nitrogens with two attached hydrogens (primary N) is 1. The van der Waals surface area contributed by atoms with E-state index >= 15 is 0 Å². The summed E-state index contributed by atoms with van der Waals surface area (Å²) in [5.74, 6) is 0. The van der Waals surface area contributed by atoms with Crippen LogP contribution in [0.25, 0.3) is 0 Å². The number of nitrogens with one attached hydrogen (secondary N) is 2. The molecule has 0 unspecified atom stereocenters. The summed E-state index contributed by atoms with van der Waals surface area (Å²) in [5.41, 5.74) is 6.21. The van der Waals surface area contributed by atoms with E-state index in [-0.39, 0.29) is 10.7 Å². The first-order valence-electron chi connectivity index (χ1n) is 5.22. The zero-order valence-corrected chi connectivity index (χ0v) is 12.1. The smallest absolute Gasteiger partial charge is 0.299 e. The van der Waals surface area contributed by atoms with Crippen molar-refractivity contribution >= 4 is 44.7 Å². The first-order chi connectivity index (χ1) is 8.35. The lowest BCUT2D eigenvalue weighted by molar-refractivity contribution is 0.586. The van der Waals surface area contributed by atoms with Gasteiger partial charge in [-0.1, -0.05) is 30.7 Å². The number of thiocarbonyl (C=S) groups is 1. The van der Waals surface area contributed by atoms with Crippen LogP contribution >= 0.6 is 23.8 Å². The maximum absolute atomic E-state index is 11.7. The van der Waals surface area contributed by atoms with E-state index in [9.17, 15) is 8.42 Å². The van der Waals surface area contributed by atoms with Gasteiger partial charge in [-0.15, -0.1) is 0 Å². The van der Waals surface area contributed by atoms with E-state index in [1.165, 1.54) is 6.07 Å². The molecule has 0 bridgehead atoms. The van der Waals surface area contributed by atoms with Crippen LogP contribution < -0.4 is 15.2 Å². The van der Waals surface area contributed by atoms with Crippen LogP contribution in [0, 0.1) is 0 Å². The summed E-state index contributed by atoms with van der Waals surface area (Å²) in [6.45, 7) is 2.21. The van der Waals surface area contributed by atoms with E-state index in [1.807, 2.05) is 6.92 Å². The molecule has 0 saturated heterocycles. The van der Waals surface area contributed by atoms with Gasteiger partial charge in [0.2, 0.25) is 0 Å². The van der Waals surface area contributed by atoms with Crippen molar-refractivity contribution in [1.29, 1.82) is 0 Å². The summed E-state index contributed by atoms with van der Waals surface area (Å²) in [4.78, 5) is 0.0971. The molecule has 0 amide bonds. The van der Waals surface area contributed by atoms with Gasteiger partial charge >= 0.3 is 0 Å². The third kappa shape index (κ3) is 4.41. The van der Waals surface area contributed by atoms with E-state index in [4.69, 9.17) is 29.6 Å². The lowest BCUT2D eigenvalue weighted by Gasteiger charge is -2.12. The molecule has 0 aliphatic heterocycles. The van der Waals surface area contributed by atoms with Gasteiger partial charge in [-0.05, 0) is 24.6 Å². The Hall–Kier alpha value is -0.890. The molecule has 1 aromatic rings.